The molecule has 0 unspecified atom stereocenters. The fourth-order valence-electron chi connectivity index (χ4n) is 1.44. The van der Waals surface area contributed by atoms with E-state index in [4.69, 9.17) is 5.73 Å². The number of aryl methyl sites for hydroxylation is 1. The molecule has 16 heavy (non-hydrogen) atoms. The largest absolute Gasteiger partial charge is 0.397 e. The number of nitrogens with zero attached hydrogens (tertiary/aromatic N) is 2. The maximum atomic E-state index is 5.70. The molecule has 0 saturated heterocycles. The summed E-state index contributed by atoms with van der Waals surface area (Å²) in [6, 6.07) is 3.82. The molecule has 0 amide bonds. The van der Waals surface area contributed by atoms with E-state index >= 15 is 0 Å². The Morgan fingerprint density at radius 2 is 2.06 bits per heavy atom. The van der Waals surface area contributed by atoms with E-state index in [9.17, 15) is 0 Å². The van der Waals surface area contributed by atoms with Crippen LogP contribution >= 0.6 is 0 Å². The van der Waals surface area contributed by atoms with Crippen LogP contribution in [0.2, 0.25) is 0 Å². The summed E-state index contributed by atoms with van der Waals surface area (Å²) in [6.45, 7) is 4.02. The van der Waals surface area contributed by atoms with Crippen LogP contribution in [-0.2, 0) is 0 Å². The molecule has 0 aliphatic carbocycles. The van der Waals surface area contributed by atoms with Crippen molar-refractivity contribution in [1.82, 2.24) is 9.88 Å². The van der Waals surface area contributed by atoms with Crippen molar-refractivity contribution in [3.8, 4) is 0 Å². The van der Waals surface area contributed by atoms with Gasteiger partial charge >= 0.3 is 0 Å². The second-order valence-electron chi connectivity index (χ2n) is 4.31. The molecule has 0 saturated carbocycles. The van der Waals surface area contributed by atoms with Crippen molar-refractivity contribution >= 4 is 11.5 Å². The average molecular weight is 222 g/mol. The molecule has 4 nitrogen and oxygen atoms in total. The van der Waals surface area contributed by atoms with Gasteiger partial charge in [-0.1, -0.05) is 0 Å². The number of unbranched alkanes of at least 4 members (excludes halogenated alkanes) is 1. The third kappa shape index (κ3) is 4.49. The second-order valence-corrected chi connectivity index (χ2v) is 4.31. The topological polar surface area (TPSA) is 54.2 Å². The third-order valence-electron chi connectivity index (χ3n) is 2.46. The highest BCUT2D eigenvalue weighted by Gasteiger charge is 1.97. The molecular formula is C12H22N4. The Morgan fingerprint density at radius 3 is 2.69 bits per heavy atom. The normalized spacial score (nSPS) is 10.8. The summed E-state index contributed by atoms with van der Waals surface area (Å²) in [4.78, 5) is 6.56. The smallest absolute Gasteiger partial charge is 0.126 e. The predicted octanol–water partition coefficient (Wildman–Crippen LogP) is 1.73. The zero-order chi connectivity index (χ0) is 12.0. The average Bonchev–Trinajstić information content (AvgIpc) is 2.22. The van der Waals surface area contributed by atoms with Gasteiger partial charge in [0, 0.05) is 6.54 Å². The number of nitrogen functional groups attached to an aromatic ring is 1. The molecule has 4 heteroatoms. The zero-order valence-corrected chi connectivity index (χ0v) is 10.5. The lowest BCUT2D eigenvalue weighted by atomic mass is 10.3. The lowest BCUT2D eigenvalue weighted by Gasteiger charge is -2.10. The van der Waals surface area contributed by atoms with Crippen molar-refractivity contribution < 1.29 is 0 Å². The number of nitrogens with one attached hydrogen (secondary N) is 1. The molecule has 1 heterocycles. The molecule has 0 fully saturated rings. The lowest BCUT2D eigenvalue weighted by Crippen LogP contribution is -2.14. The number of hydrogen-bond acceptors (Lipinski definition) is 4. The molecule has 0 aliphatic heterocycles. The van der Waals surface area contributed by atoms with E-state index in [0.29, 0.717) is 0 Å². The minimum atomic E-state index is 0.748. The minimum Gasteiger partial charge on any atom is -0.397 e. The summed E-state index contributed by atoms with van der Waals surface area (Å²) < 4.78 is 0. The highest BCUT2D eigenvalue weighted by Crippen LogP contribution is 2.11. The number of aromatic nitrogens is 1. The Bertz CT molecular complexity index is 323. The zero-order valence-electron chi connectivity index (χ0n) is 10.5. The van der Waals surface area contributed by atoms with E-state index in [-0.39, 0.29) is 0 Å². The summed E-state index contributed by atoms with van der Waals surface area (Å²) >= 11 is 0. The van der Waals surface area contributed by atoms with Gasteiger partial charge < -0.3 is 16.0 Å². The van der Waals surface area contributed by atoms with Gasteiger partial charge in [0.2, 0.25) is 0 Å². The monoisotopic (exact) mass is 222 g/mol. The van der Waals surface area contributed by atoms with Gasteiger partial charge in [-0.25, -0.2) is 4.98 Å². The molecule has 0 bridgehead atoms. The number of rotatable bonds is 6. The van der Waals surface area contributed by atoms with Crippen LogP contribution in [0.3, 0.4) is 0 Å². The van der Waals surface area contributed by atoms with Crippen LogP contribution in [0.5, 0.6) is 0 Å². The Morgan fingerprint density at radius 1 is 1.31 bits per heavy atom. The highest BCUT2D eigenvalue weighted by atomic mass is 15.0. The van der Waals surface area contributed by atoms with Crippen LogP contribution in [0.1, 0.15) is 18.5 Å². The van der Waals surface area contributed by atoms with Crippen molar-refractivity contribution in [1.29, 1.82) is 0 Å². The summed E-state index contributed by atoms with van der Waals surface area (Å²) in [6.07, 6.45) is 2.36. The second kappa shape index (κ2) is 6.33. The maximum absolute atomic E-state index is 5.70. The van der Waals surface area contributed by atoms with Gasteiger partial charge in [0.05, 0.1) is 11.4 Å². The van der Waals surface area contributed by atoms with E-state index in [0.717, 1.165) is 36.7 Å². The summed E-state index contributed by atoms with van der Waals surface area (Å²) in [5.41, 5.74) is 7.34. The fourth-order valence-corrected chi connectivity index (χ4v) is 1.44. The lowest BCUT2D eigenvalue weighted by molar-refractivity contribution is 0.396. The molecule has 0 spiro atoms. The van der Waals surface area contributed by atoms with Gasteiger partial charge in [-0.05, 0) is 52.5 Å². The fraction of sp³-hybridized carbons (Fsp3) is 0.583. The molecule has 3 N–H and O–H groups in total. The number of pyridine rings is 1. The third-order valence-corrected chi connectivity index (χ3v) is 2.46. The first-order valence-corrected chi connectivity index (χ1v) is 5.71. The van der Waals surface area contributed by atoms with Gasteiger partial charge in [0.15, 0.2) is 0 Å². The molecule has 0 atom stereocenters. The van der Waals surface area contributed by atoms with Crippen LogP contribution < -0.4 is 11.1 Å². The van der Waals surface area contributed by atoms with Crippen molar-refractivity contribution in [2.45, 2.75) is 19.8 Å². The van der Waals surface area contributed by atoms with Crippen molar-refractivity contribution in [2.75, 3.05) is 38.2 Å². The van der Waals surface area contributed by atoms with E-state index in [1.807, 2.05) is 19.1 Å². The molecule has 1 rings (SSSR count). The van der Waals surface area contributed by atoms with Gasteiger partial charge in [-0.2, -0.15) is 0 Å². The number of nitrogens with two attached hydrogens (primary N) is 1. The first kappa shape index (κ1) is 12.8. The van der Waals surface area contributed by atoms with Crippen LogP contribution in [0, 0.1) is 6.92 Å². The molecule has 1 aromatic heterocycles. The van der Waals surface area contributed by atoms with Crippen molar-refractivity contribution in [3.63, 3.8) is 0 Å². The first-order valence-electron chi connectivity index (χ1n) is 5.71. The van der Waals surface area contributed by atoms with Gasteiger partial charge in [0.1, 0.15) is 5.82 Å². The van der Waals surface area contributed by atoms with E-state index in [1.54, 1.807) is 0 Å². The van der Waals surface area contributed by atoms with Crippen LogP contribution in [0.25, 0.3) is 0 Å². The molecular weight excluding hydrogens is 200 g/mol. The molecule has 1 aromatic rings. The summed E-state index contributed by atoms with van der Waals surface area (Å²) in [5.74, 6) is 0.913. The molecule has 0 aromatic carbocycles. The Kier molecular flexibility index (Phi) is 5.05. The van der Waals surface area contributed by atoms with E-state index in [2.05, 4.69) is 29.3 Å². The standard InChI is InChI=1S/C12H22N4/c1-10-11(13)6-7-12(15-10)14-8-4-5-9-16(2)3/h6-7H,4-5,8-9,13H2,1-3H3,(H,14,15). The Balaban J connectivity index is 2.24. The molecule has 0 aliphatic rings. The summed E-state index contributed by atoms with van der Waals surface area (Å²) in [7, 11) is 4.19. The molecule has 0 radical (unpaired) electrons. The minimum absolute atomic E-state index is 0.748. The van der Waals surface area contributed by atoms with Crippen LogP contribution in [-0.4, -0.2) is 37.1 Å². The SMILES string of the molecule is Cc1nc(NCCCCN(C)C)ccc1N. The van der Waals surface area contributed by atoms with Gasteiger partial charge in [0.25, 0.3) is 0 Å². The van der Waals surface area contributed by atoms with E-state index in [1.165, 1.54) is 6.42 Å². The van der Waals surface area contributed by atoms with Gasteiger partial charge in [-0.3, -0.25) is 0 Å². The van der Waals surface area contributed by atoms with Gasteiger partial charge in [-0.15, -0.1) is 0 Å². The van der Waals surface area contributed by atoms with E-state index < -0.39 is 0 Å². The van der Waals surface area contributed by atoms with Crippen LogP contribution in [0.4, 0.5) is 11.5 Å². The quantitative estimate of drug-likeness (QED) is 0.720. The number of anilines is 2. The maximum Gasteiger partial charge on any atom is 0.126 e. The first-order chi connectivity index (χ1) is 7.59. The van der Waals surface area contributed by atoms with Crippen LogP contribution in [0.15, 0.2) is 12.1 Å². The molecule has 90 valence electrons. The number of hydrogen-bond donors (Lipinski definition) is 2. The van der Waals surface area contributed by atoms with Crippen molar-refractivity contribution in [2.24, 2.45) is 0 Å². The highest BCUT2D eigenvalue weighted by molar-refractivity contribution is 5.48. The Labute approximate surface area is 97.9 Å². The predicted molar refractivity (Wildman–Crippen MR) is 69.7 cm³/mol. The van der Waals surface area contributed by atoms with Crippen molar-refractivity contribution in [3.05, 3.63) is 17.8 Å². The summed E-state index contributed by atoms with van der Waals surface area (Å²) in [5, 5.41) is 3.30. The Hall–Kier alpha value is -1.29.